The Labute approximate surface area is 144 Å². The first kappa shape index (κ1) is 18.6. The zero-order valence-electron chi connectivity index (χ0n) is 14.0. The second-order valence-electron chi connectivity index (χ2n) is 5.29. The van der Waals surface area contributed by atoms with Crippen molar-refractivity contribution in [3.63, 3.8) is 0 Å². The summed E-state index contributed by atoms with van der Waals surface area (Å²) in [4.78, 5) is 21.9. The third kappa shape index (κ3) is 4.40. The van der Waals surface area contributed by atoms with Crippen LogP contribution >= 0.6 is 11.3 Å². The van der Waals surface area contributed by atoms with Gasteiger partial charge in [-0.3, -0.25) is 0 Å². The molecule has 0 unspecified atom stereocenters. The molecule has 2 aromatic heterocycles. The van der Waals surface area contributed by atoms with Crippen LogP contribution < -0.4 is 10.0 Å². The van der Waals surface area contributed by atoms with Crippen LogP contribution in [0.25, 0.3) is 10.2 Å². The standard InChI is InChI=1S/C14H20N4O4S2/c1-8-10-12(15-6-5-7-16-24(4,20)21)17-9(2)18-13(10)23-11(8)14(19)22-3/h16H,5-7H2,1-4H3,(H,15,17,18). The lowest BCUT2D eigenvalue weighted by atomic mass is 10.2. The Morgan fingerprint density at radius 2 is 1.96 bits per heavy atom. The number of methoxy groups -OCH3 is 1. The van der Waals surface area contributed by atoms with Crippen molar-refractivity contribution in [1.29, 1.82) is 0 Å². The molecule has 0 aliphatic heterocycles. The van der Waals surface area contributed by atoms with E-state index in [0.29, 0.717) is 36.0 Å². The largest absolute Gasteiger partial charge is 0.465 e. The summed E-state index contributed by atoms with van der Waals surface area (Å²) in [7, 11) is -1.84. The topological polar surface area (TPSA) is 110 Å². The monoisotopic (exact) mass is 372 g/mol. The number of anilines is 1. The van der Waals surface area contributed by atoms with E-state index in [2.05, 4.69) is 20.0 Å². The van der Waals surface area contributed by atoms with Crippen molar-refractivity contribution >= 4 is 43.4 Å². The molecule has 8 nitrogen and oxygen atoms in total. The van der Waals surface area contributed by atoms with Crippen molar-refractivity contribution < 1.29 is 17.9 Å². The SMILES string of the molecule is COC(=O)c1sc2nc(C)nc(NCCCNS(C)(=O)=O)c2c1C. The van der Waals surface area contributed by atoms with Gasteiger partial charge in [-0.2, -0.15) is 0 Å². The fraction of sp³-hybridized carbons (Fsp3) is 0.500. The summed E-state index contributed by atoms with van der Waals surface area (Å²) >= 11 is 1.27. The molecule has 0 saturated heterocycles. The van der Waals surface area contributed by atoms with E-state index in [4.69, 9.17) is 4.74 Å². The van der Waals surface area contributed by atoms with Gasteiger partial charge in [-0.15, -0.1) is 11.3 Å². The van der Waals surface area contributed by atoms with E-state index in [9.17, 15) is 13.2 Å². The van der Waals surface area contributed by atoms with Gasteiger partial charge in [0, 0.05) is 13.1 Å². The van der Waals surface area contributed by atoms with E-state index in [-0.39, 0.29) is 0 Å². The van der Waals surface area contributed by atoms with Crippen molar-refractivity contribution in [2.24, 2.45) is 0 Å². The van der Waals surface area contributed by atoms with Gasteiger partial charge in [0.1, 0.15) is 21.3 Å². The Kier molecular flexibility index (Phi) is 5.73. The van der Waals surface area contributed by atoms with E-state index >= 15 is 0 Å². The number of carbonyl (C=O) groups is 1. The van der Waals surface area contributed by atoms with Crippen molar-refractivity contribution in [3.05, 3.63) is 16.3 Å². The Morgan fingerprint density at radius 3 is 2.58 bits per heavy atom. The van der Waals surface area contributed by atoms with Crippen molar-refractivity contribution in [1.82, 2.24) is 14.7 Å². The zero-order valence-corrected chi connectivity index (χ0v) is 15.6. The average molecular weight is 372 g/mol. The van der Waals surface area contributed by atoms with Crippen LogP contribution in [-0.4, -0.2) is 50.8 Å². The van der Waals surface area contributed by atoms with E-state index in [0.717, 1.165) is 22.0 Å². The van der Waals surface area contributed by atoms with Crippen molar-refractivity contribution in [2.45, 2.75) is 20.3 Å². The molecule has 132 valence electrons. The zero-order chi connectivity index (χ0) is 17.9. The van der Waals surface area contributed by atoms with Crippen LogP contribution in [0.5, 0.6) is 0 Å². The van der Waals surface area contributed by atoms with Gasteiger partial charge in [0.05, 0.1) is 18.8 Å². The lowest BCUT2D eigenvalue weighted by Crippen LogP contribution is -2.24. The van der Waals surface area contributed by atoms with Gasteiger partial charge in [-0.05, 0) is 25.8 Å². The summed E-state index contributed by atoms with van der Waals surface area (Å²) in [5.41, 5.74) is 0.776. The number of carbonyl (C=O) groups excluding carboxylic acids is 1. The first-order valence-electron chi connectivity index (χ1n) is 7.27. The average Bonchev–Trinajstić information content (AvgIpc) is 2.81. The van der Waals surface area contributed by atoms with Crippen LogP contribution in [-0.2, 0) is 14.8 Å². The van der Waals surface area contributed by atoms with Crippen LogP contribution in [0.4, 0.5) is 5.82 Å². The number of thiophene rings is 1. The maximum atomic E-state index is 11.8. The molecule has 0 fully saturated rings. The number of fused-ring (bicyclic) bond motifs is 1. The number of esters is 1. The fourth-order valence-electron chi connectivity index (χ4n) is 2.21. The molecular weight excluding hydrogens is 352 g/mol. The summed E-state index contributed by atoms with van der Waals surface area (Å²) in [5.74, 6) is 0.842. The van der Waals surface area contributed by atoms with Gasteiger partial charge in [-0.25, -0.2) is 27.9 Å². The molecular formula is C14H20N4O4S2. The van der Waals surface area contributed by atoms with Gasteiger partial charge < -0.3 is 10.1 Å². The molecule has 0 aromatic carbocycles. The van der Waals surface area contributed by atoms with Gasteiger partial charge in [0.15, 0.2) is 0 Å². The third-order valence-corrected chi connectivity index (χ3v) is 5.18. The number of nitrogens with one attached hydrogen (secondary N) is 2. The summed E-state index contributed by atoms with van der Waals surface area (Å²) in [6.45, 7) is 4.49. The normalized spacial score (nSPS) is 11.7. The summed E-state index contributed by atoms with van der Waals surface area (Å²) < 4.78 is 29.3. The number of hydrogen-bond acceptors (Lipinski definition) is 8. The Balaban J connectivity index is 2.20. The summed E-state index contributed by atoms with van der Waals surface area (Å²) in [6, 6.07) is 0. The molecule has 0 bridgehead atoms. The molecule has 2 heterocycles. The van der Waals surface area contributed by atoms with Gasteiger partial charge in [0.2, 0.25) is 10.0 Å². The van der Waals surface area contributed by atoms with E-state index in [1.807, 2.05) is 6.92 Å². The number of rotatable bonds is 7. The number of nitrogens with zero attached hydrogens (tertiary/aromatic N) is 2. The molecule has 10 heteroatoms. The molecule has 0 aliphatic carbocycles. The summed E-state index contributed by atoms with van der Waals surface area (Å²) in [6.07, 6.45) is 1.73. The predicted molar refractivity (Wildman–Crippen MR) is 94.2 cm³/mol. The number of aromatic nitrogens is 2. The van der Waals surface area contributed by atoms with Crippen LogP contribution in [0.1, 0.15) is 27.5 Å². The third-order valence-electron chi connectivity index (χ3n) is 3.28. The molecule has 2 aromatic rings. The Bertz CT molecular complexity index is 861. The lowest BCUT2D eigenvalue weighted by molar-refractivity contribution is 0.0605. The van der Waals surface area contributed by atoms with Gasteiger partial charge in [-0.1, -0.05) is 0 Å². The highest BCUT2D eigenvalue weighted by Crippen LogP contribution is 2.34. The smallest absolute Gasteiger partial charge is 0.348 e. The van der Waals surface area contributed by atoms with Gasteiger partial charge >= 0.3 is 5.97 Å². The number of hydrogen-bond donors (Lipinski definition) is 2. The molecule has 2 rings (SSSR count). The molecule has 0 radical (unpaired) electrons. The maximum Gasteiger partial charge on any atom is 0.348 e. The molecule has 24 heavy (non-hydrogen) atoms. The quantitative estimate of drug-likeness (QED) is 0.559. The van der Waals surface area contributed by atoms with Crippen LogP contribution in [0.15, 0.2) is 0 Å². The second-order valence-corrected chi connectivity index (χ2v) is 8.13. The van der Waals surface area contributed by atoms with Crippen molar-refractivity contribution in [3.8, 4) is 0 Å². The molecule has 0 atom stereocenters. The van der Waals surface area contributed by atoms with Crippen LogP contribution in [0, 0.1) is 13.8 Å². The van der Waals surface area contributed by atoms with Crippen LogP contribution in [0.3, 0.4) is 0 Å². The molecule has 0 amide bonds. The Hall–Kier alpha value is -1.78. The highest BCUT2D eigenvalue weighted by molar-refractivity contribution is 7.88. The fourth-order valence-corrected chi connectivity index (χ4v) is 3.87. The minimum atomic E-state index is -3.18. The number of aryl methyl sites for hydroxylation is 2. The molecule has 2 N–H and O–H groups in total. The first-order chi connectivity index (χ1) is 11.2. The van der Waals surface area contributed by atoms with Crippen molar-refractivity contribution in [2.75, 3.05) is 31.8 Å². The number of ether oxygens (including phenoxy) is 1. The van der Waals surface area contributed by atoms with E-state index in [1.165, 1.54) is 18.4 Å². The minimum absolute atomic E-state index is 0.342. The number of sulfonamides is 1. The molecule has 0 saturated carbocycles. The second kappa shape index (κ2) is 7.41. The maximum absolute atomic E-state index is 11.8. The molecule has 0 aliphatic rings. The highest BCUT2D eigenvalue weighted by atomic mass is 32.2. The van der Waals surface area contributed by atoms with E-state index < -0.39 is 16.0 Å². The predicted octanol–water partition coefficient (Wildman–Crippen LogP) is 1.45. The van der Waals surface area contributed by atoms with Gasteiger partial charge in [0.25, 0.3) is 0 Å². The minimum Gasteiger partial charge on any atom is -0.465 e. The highest BCUT2D eigenvalue weighted by Gasteiger charge is 2.20. The van der Waals surface area contributed by atoms with E-state index in [1.54, 1.807) is 6.92 Å². The lowest BCUT2D eigenvalue weighted by Gasteiger charge is -2.08. The summed E-state index contributed by atoms with van der Waals surface area (Å²) in [5, 5.41) is 3.99. The Morgan fingerprint density at radius 1 is 1.25 bits per heavy atom. The molecule has 0 spiro atoms. The van der Waals surface area contributed by atoms with Crippen LogP contribution in [0.2, 0.25) is 0 Å². The first-order valence-corrected chi connectivity index (χ1v) is 9.98.